The lowest BCUT2D eigenvalue weighted by Gasteiger charge is -2.18. The summed E-state index contributed by atoms with van der Waals surface area (Å²) in [5.74, 6) is -0.635. The molecular formula is C17H17NO6. The van der Waals surface area contributed by atoms with Crippen LogP contribution in [0.1, 0.15) is 22.2 Å². The number of hydrogen-bond acceptors (Lipinski definition) is 6. The minimum Gasteiger partial charge on any atom is -0.465 e. The maximum atomic E-state index is 11.6. The van der Waals surface area contributed by atoms with Gasteiger partial charge in [0.15, 0.2) is 6.29 Å². The molecule has 0 fully saturated rings. The van der Waals surface area contributed by atoms with E-state index in [0.717, 1.165) is 0 Å². The number of methoxy groups -OCH3 is 3. The molecule has 0 aliphatic rings. The predicted molar refractivity (Wildman–Crippen MR) is 86.6 cm³/mol. The Hall–Kier alpha value is -2.77. The van der Waals surface area contributed by atoms with E-state index in [1.165, 1.54) is 39.5 Å². The van der Waals surface area contributed by atoms with Gasteiger partial charge in [-0.15, -0.1) is 0 Å². The fourth-order valence-corrected chi connectivity index (χ4v) is 2.45. The van der Waals surface area contributed by atoms with E-state index < -0.39 is 17.2 Å². The summed E-state index contributed by atoms with van der Waals surface area (Å²) >= 11 is 0. The first-order valence-corrected chi connectivity index (χ1v) is 7.05. The van der Waals surface area contributed by atoms with Gasteiger partial charge in [-0.3, -0.25) is 10.1 Å². The van der Waals surface area contributed by atoms with Crippen molar-refractivity contribution in [1.29, 1.82) is 0 Å². The van der Waals surface area contributed by atoms with Crippen LogP contribution < -0.4 is 0 Å². The van der Waals surface area contributed by atoms with Crippen molar-refractivity contribution in [3.63, 3.8) is 0 Å². The van der Waals surface area contributed by atoms with Gasteiger partial charge in [-0.2, -0.15) is 0 Å². The summed E-state index contributed by atoms with van der Waals surface area (Å²) in [6, 6.07) is 11.3. The molecule has 126 valence electrons. The van der Waals surface area contributed by atoms with Crippen LogP contribution in [0.4, 0.5) is 5.69 Å². The van der Waals surface area contributed by atoms with Crippen molar-refractivity contribution in [2.75, 3.05) is 21.3 Å². The second kappa shape index (κ2) is 7.67. The summed E-state index contributed by atoms with van der Waals surface area (Å²) in [7, 11) is 4.19. The van der Waals surface area contributed by atoms with E-state index in [4.69, 9.17) is 9.47 Å². The minimum atomic E-state index is -0.666. The highest BCUT2D eigenvalue weighted by atomic mass is 16.7. The summed E-state index contributed by atoms with van der Waals surface area (Å²) in [6.07, 6.45) is -0.666. The number of carbonyl (C=O) groups excluding carboxylic acids is 1. The van der Waals surface area contributed by atoms with E-state index in [1.54, 1.807) is 24.3 Å². The van der Waals surface area contributed by atoms with E-state index in [0.29, 0.717) is 16.7 Å². The normalized spacial score (nSPS) is 10.7. The van der Waals surface area contributed by atoms with E-state index in [1.807, 2.05) is 0 Å². The quantitative estimate of drug-likeness (QED) is 0.349. The van der Waals surface area contributed by atoms with Gasteiger partial charge in [0.2, 0.25) is 0 Å². The van der Waals surface area contributed by atoms with Crippen LogP contribution in [-0.4, -0.2) is 32.2 Å². The molecule has 24 heavy (non-hydrogen) atoms. The molecule has 0 aliphatic heterocycles. The van der Waals surface area contributed by atoms with Gasteiger partial charge in [0.25, 0.3) is 5.69 Å². The number of esters is 1. The van der Waals surface area contributed by atoms with Crippen LogP contribution in [0.15, 0.2) is 42.5 Å². The smallest absolute Gasteiger partial charge is 0.338 e. The van der Waals surface area contributed by atoms with Gasteiger partial charge in [-0.05, 0) is 17.7 Å². The van der Waals surface area contributed by atoms with Crippen LogP contribution in [0.25, 0.3) is 11.1 Å². The Morgan fingerprint density at radius 3 is 2.29 bits per heavy atom. The van der Waals surface area contributed by atoms with Crippen molar-refractivity contribution >= 4 is 11.7 Å². The zero-order valence-corrected chi connectivity index (χ0v) is 13.5. The fourth-order valence-electron chi connectivity index (χ4n) is 2.45. The van der Waals surface area contributed by atoms with Crippen molar-refractivity contribution in [3.05, 3.63) is 63.7 Å². The monoisotopic (exact) mass is 331 g/mol. The van der Waals surface area contributed by atoms with E-state index >= 15 is 0 Å². The lowest BCUT2D eigenvalue weighted by Crippen LogP contribution is -2.07. The third kappa shape index (κ3) is 3.42. The van der Waals surface area contributed by atoms with Crippen molar-refractivity contribution in [1.82, 2.24) is 0 Å². The number of benzene rings is 2. The highest BCUT2D eigenvalue weighted by Gasteiger charge is 2.23. The molecule has 2 rings (SSSR count). The van der Waals surface area contributed by atoms with Gasteiger partial charge in [0.05, 0.1) is 23.2 Å². The zero-order valence-electron chi connectivity index (χ0n) is 13.5. The summed E-state index contributed by atoms with van der Waals surface area (Å²) in [5.41, 5.74) is 1.52. The second-order valence-corrected chi connectivity index (χ2v) is 4.87. The van der Waals surface area contributed by atoms with Crippen LogP contribution >= 0.6 is 0 Å². The Morgan fingerprint density at radius 1 is 1.04 bits per heavy atom. The number of carbonyl (C=O) groups is 1. The highest BCUT2D eigenvalue weighted by Crippen LogP contribution is 2.36. The molecule has 0 aromatic heterocycles. The standard InChI is InChI=1S/C17H17NO6/c1-22-16(19)11-8-9-13(15(10-11)18(20)21)12-6-4-5-7-14(12)17(23-2)24-3/h4-10,17H,1-3H3. The maximum absolute atomic E-state index is 11.6. The molecule has 2 aromatic carbocycles. The zero-order chi connectivity index (χ0) is 17.7. The van der Waals surface area contributed by atoms with E-state index in [9.17, 15) is 14.9 Å². The van der Waals surface area contributed by atoms with Gasteiger partial charge in [0.1, 0.15) is 0 Å². The lowest BCUT2D eigenvalue weighted by molar-refractivity contribution is -0.384. The van der Waals surface area contributed by atoms with E-state index in [2.05, 4.69) is 4.74 Å². The van der Waals surface area contributed by atoms with Crippen LogP contribution in [0.2, 0.25) is 0 Å². The molecule has 0 spiro atoms. The molecule has 0 bridgehead atoms. The lowest BCUT2D eigenvalue weighted by atomic mass is 9.96. The van der Waals surface area contributed by atoms with Crippen molar-refractivity contribution < 1.29 is 23.9 Å². The molecule has 0 N–H and O–H groups in total. The number of nitro groups is 1. The molecule has 0 heterocycles. The minimum absolute atomic E-state index is 0.112. The van der Waals surface area contributed by atoms with Crippen LogP contribution in [-0.2, 0) is 14.2 Å². The average Bonchev–Trinajstić information content (AvgIpc) is 2.62. The molecule has 0 radical (unpaired) electrons. The molecule has 0 saturated heterocycles. The Bertz CT molecular complexity index is 754. The number of rotatable bonds is 6. The summed E-state index contributed by atoms with van der Waals surface area (Å²) in [6.45, 7) is 0. The first-order chi connectivity index (χ1) is 11.5. The maximum Gasteiger partial charge on any atom is 0.338 e. The fraction of sp³-hybridized carbons (Fsp3) is 0.235. The number of ether oxygens (including phenoxy) is 3. The van der Waals surface area contributed by atoms with Gasteiger partial charge in [-0.1, -0.05) is 24.3 Å². The van der Waals surface area contributed by atoms with Gasteiger partial charge in [-0.25, -0.2) is 4.79 Å². The Morgan fingerprint density at radius 2 is 1.71 bits per heavy atom. The molecule has 0 unspecified atom stereocenters. The summed E-state index contributed by atoms with van der Waals surface area (Å²) in [4.78, 5) is 22.6. The first-order valence-electron chi connectivity index (χ1n) is 7.05. The Labute approximate surface area is 138 Å². The van der Waals surface area contributed by atoms with Gasteiger partial charge in [0, 0.05) is 25.8 Å². The topological polar surface area (TPSA) is 87.9 Å². The molecule has 0 amide bonds. The van der Waals surface area contributed by atoms with Crippen LogP contribution in [0.5, 0.6) is 0 Å². The molecular weight excluding hydrogens is 314 g/mol. The predicted octanol–water partition coefficient (Wildman–Crippen LogP) is 3.34. The van der Waals surface area contributed by atoms with Crippen molar-refractivity contribution in [3.8, 4) is 11.1 Å². The Kier molecular flexibility index (Phi) is 5.62. The van der Waals surface area contributed by atoms with Crippen molar-refractivity contribution in [2.45, 2.75) is 6.29 Å². The third-order valence-corrected chi connectivity index (χ3v) is 3.55. The SMILES string of the molecule is COC(=O)c1ccc(-c2ccccc2C(OC)OC)c([N+](=O)[O-])c1. The molecule has 7 heteroatoms. The molecule has 0 aliphatic carbocycles. The van der Waals surface area contributed by atoms with Crippen LogP contribution in [0.3, 0.4) is 0 Å². The number of hydrogen-bond donors (Lipinski definition) is 0. The second-order valence-electron chi connectivity index (χ2n) is 4.87. The number of nitrogens with zero attached hydrogens (tertiary/aromatic N) is 1. The highest BCUT2D eigenvalue weighted by molar-refractivity contribution is 5.92. The first kappa shape index (κ1) is 17.6. The van der Waals surface area contributed by atoms with Crippen LogP contribution in [0, 0.1) is 10.1 Å². The molecule has 0 saturated carbocycles. The average molecular weight is 331 g/mol. The van der Waals surface area contributed by atoms with Crippen molar-refractivity contribution in [2.24, 2.45) is 0 Å². The Balaban J connectivity index is 2.65. The largest absolute Gasteiger partial charge is 0.465 e. The van der Waals surface area contributed by atoms with E-state index in [-0.39, 0.29) is 11.3 Å². The summed E-state index contributed by atoms with van der Waals surface area (Å²) < 4.78 is 15.1. The molecule has 7 nitrogen and oxygen atoms in total. The molecule has 0 atom stereocenters. The van der Waals surface area contributed by atoms with Gasteiger partial charge < -0.3 is 14.2 Å². The third-order valence-electron chi connectivity index (χ3n) is 3.55. The summed E-state index contributed by atoms with van der Waals surface area (Å²) in [5, 5.41) is 11.5. The van der Waals surface area contributed by atoms with Gasteiger partial charge >= 0.3 is 5.97 Å². The molecule has 2 aromatic rings. The number of nitro benzene ring substituents is 1.